The number of methoxy groups -OCH3 is 1. The predicted molar refractivity (Wildman–Crippen MR) is 91.9 cm³/mol. The summed E-state index contributed by atoms with van der Waals surface area (Å²) >= 11 is 1.67. The van der Waals surface area contributed by atoms with Crippen molar-refractivity contribution < 1.29 is 9.53 Å². The van der Waals surface area contributed by atoms with Gasteiger partial charge in [-0.2, -0.15) is 0 Å². The zero-order valence-electron chi connectivity index (χ0n) is 13.2. The Labute approximate surface area is 140 Å². The van der Waals surface area contributed by atoms with Crippen molar-refractivity contribution in [2.45, 2.75) is 25.3 Å². The third-order valence-corrected chi connectivity index (χ3v) is 4.93. The van der Waals surface area contributed by atoms with Crippen LogP contribution in [-0.2, 0) is 4.79 Å². The lowest BCUT2D eigenvalue weighted by Crippen LogP contribution is -2.39. The molecule has 122 valence electrons. The number of rotatable bonds is 5. The van der Waals surface area contributed by atoms with Gasteiger partial charge in [-0.05, 0) is 31.5 Å². The number of aromatic nitrogens is 1. The van der Waals surface area contributed by atoms with Crippen molar-refractivity contribution in [2.75, 3.05) is 25.5 Å². The van der Waals surface area contributed by atoms with E-state index in [0.717, 1.165) is 35.8 Å². The number of benzene rings is 1. The highest BCUT2D eigenvalue weighted by atomic mass is 32.1. The molecule has 0 aliphatic carbocycles. The molecular weight excluding hydrogens is 310 g/mol. The first-order valence-corrected chi connectivity index (χ1v) is 8.71. The molecule has 1 aliphatic rings. The van der Waals surface area contributed by atoms with Gasteiger partial charge in [0.25, 0.3) is 0 Å². The molecule has 0 saturated carbocycles. The fourth-order valence-electron chi connectivity index (χ4n) is 2.94. The number of nitrogens with one attached hydrogen (secondary N) is 1. The van der Waals surface area contributed by atoms with Gasteiger partial charge in [-0.1, -0.05) is 12.5 Å². The number of anilines is 1. The molecule has 5 nitrogen and oxygen atoms in total. The largest absolute Gasteiger partial charge is 0.497 e. The first kappa shape index (κ1) is 16.0. The molecule has 0 spiro atoms. The van der Waals surface area contributed by atoms with Crippen LogP contribution in [0.25, 0.3) is 0 Å². The van der Waals surface area contributed by atoms with Gasteiger partial charge in [-0.25, -0.2) is 4.98 Å². The monoisotopic (exact) mass is 331 g/mol. The number of carbonyl (C=O) groups is 1. The SMILES string of the molecule is COc1cccc(NC(=O)CN2CCCCC2c2nccs2)c1. The average Bonchev–Trinajstić information content (AvgIpc) is 3.10. The van der Waals surface area contributed by atoms with Crippen LogP contribution in [0.2, 0.25) is 0 Å². The van der Waals surface area contributed by atoms with Gasteiger partial charge in [-0.15, -0.1) is 11.3 Å². The third-order valence-electron chi connectivity index (χ3n) is 4.05. The summed E-state index contributed by atoms with van der Waals surface area (Å²) < 4.78 is 5.18. The molecule has 0 bridgehead atoms. The van der Waals surface area contributed by atoms with Crippen molar-refractivity contribution in [3.63, 3.8) is 0 Å². The summed E-state index contributed by atoms with van der Waals surface area (Å²) in [4.78, 5) is 19.1. The van der Waals surface area contributed by atoms with E-state index in [1.807, 2.05) is 35.8 Å². The Balaban J connectivity index is 1.63. The number of hydrogen-bond donors (Lipinski definition) is 1. The van der Waals surface area contributed by atoms with E-state index in [4.69, 9.17) is 4.74 Å². The van der Waals surface area contributed by atoms with Crippen molar-refractivity contribution in [3.8, 4) is 5.75 Å². The molecule has 3 rings (SSSR count). The van der Waals surface area contributed by atoms with Crippen LogP contribution in [0.1, 0.15) is 30.3 Å². The summed E-state index contributed by atoms with van der Waals surface area (Å²) in [5.74, 6) is 0.739. The van der Waals surface area contributed by atoms with Gasteiger partial charge in [0, 0.05) is 23.3 Å². The molecule has 1 atom stereocenters. The number of thiazole rings is 1. The van der Waals surface area contributed by atoms with Crippen molar-refractivity contribution in [3.05, 3.63) is 40.8 Å². The van der Waals surface area contributed by atoms with Crippen LogP contribution in [0.3, 0.4) is 0 Å². The van der Waals surface area contributed by atoms with E-state index in [2.05, 4.69) is 15.2 Å². The lowest BCUT2D eigenvalue weighted by Gasteiger charge is -2.33. The highest BCUT2D eigenvalue weighted by Gasteiger charge is 2.27. The number of ether oxygens (including phenoxy) is 1. The van der Waals surface area contributed by atoms with E-state index in [9.17, 15) is 4.79 Å². The van der Waals surface area contributed by atoms with Gasteiger partial charge in [0.1, 0.15) is 10.8 Å². The summed E-state index contributed by atoms with van der Waals surface area (Å²) in [6.07, 6.45) is 5.23. The molecule has 1 saturated heterocycles. The third kappa shape index (κ3) is 4.09. The first-order chi connectivity index (χ1) is 11.3. The van der Waals surface area contributed by atoms with E-state index in [0.29, 0.717) is 6.54 Å². The van der Waals surface area contributed by atoms with Gasteiger partial charge >= 0.3 is 0 Å². The second-order valence-corrected chi connectivity index (χ2v) is 6.56. The summed E-state index contributed by atoms with van der Waals surface area (Å²) in [5, 5.41) is 6.06. The Morgan fingerprint density at radius 3 is 3.17 bits per heavy atom. The van der Waals surface area contributed by atoms with E-state index in [-0.39, 0.29) is 11.9 Å². The first-order valence-electron chi connectivity index (χ1n) is 7.83. The Kier molecular flexibility index (Phi) is 5.25. The second-order valence-electron chi connectivity index (χ2n) is 5.63. The maximum atomic E-state index is 12.4. The summed E-state index contributed by atoms with van der Waals surface area (Å²) in [6.45, 7) is 1.33. The molecule has 0 radical (unpaired) electrons. The smallest absolute Gasteiger partial charge is 0.238 e. The molecule has 1 aliphatic heterocycles. The highest BCUT2D eigenvalue weighted by molar-refractivity contribution is 7.09. The van der Waals surface area contributed by atoms with Gasteiger partial charge in [-0.3, -0.25) is 9.69 Å². The van der Waals surface area contributed by atoms with Crippen molar-refractivity contribution >= 4 is 22.9 Å². The van der Waals surface area contributed by atoms with Crippen LogP contribution in [0.4, 0.5) is 5.69 Å². The molecule has 2 heterocycles. The lowest BCUT2D eigenvalue weighted by molar-refractivity contribution is -0.118. The molecule has 1 fully saturated rings. The van der Waals surface area contributed by atoms with Gasteiger partial charge < -0.3 is 10.1 Å². The average molecular weight is 331 g/mol. The fourth-order valence-corrected chi connectivity index (χ4v) is 3.75. The van der Waals surface area contributed by atoms with Gasteiger partial charge in [0.2, 0.25) is 5.91 Å². The van der Waals surface area contributed by atoms with Crippen molar-refractivity contribution in [1.82, 2.24) is 9.88 Å². The number of piperidine rings is 1. The normalized spacial score (nSPS) is 18.6. The predicted octanol–water partition coefficient (Wildman–Crippen LogP) is 3.32. The number of hydrogen-bond acceptors (Lipinski definition) is 5. The lowest BCUT2D eigenvalue weighted by atomic mass is 10.0. The number of carbonyl (C=O) groups excluding carboxylic acids is 1. The molecule has 1 aromatic heterocycles. The van der Waals surface area contributed by atoms with Gasteiger partial charge in [0.15, 0.2) is 0 Å². The second kappa shape index (κ2) is 7.57. The molecule has 1 amide bonds. The Bertz CT molecular complexity index is 645. The van der Waals surface area contributed by atoms with E-state index < -0.39 is 0 Å². The van der Waals surface area contributed by atoms with Gasteiger partial charge in [0.05, 0.1) is 19.7 Å². The number of nitrogens with zero attached hydrogens (tertiary/aromatic N) is 2. The molecule has 1 N–H and O–H groups in total. The minimum absolute atomic E-state index is 0.00158. The minimum atomic E-state index is 0.00158. The van der Waals surface area contributed by atoms with Crippen molar-refractivity contribution in [1.29, 1.82) is 0 Å². The van der Waals surface area contributed by atoms with E-state index >= 15 is 0 Å². The molecule has 1 unspecified atom stereocenters. The van der Waals surface area contributed by atoms with Crippen LogP contribution in [0.5, 0.6) is 5.75 Å². The Morgan fingerprint density at radius 2 is 2.39 bits per heavy atom. The maximum Gasteiger partial charge on any atom is 0.238 e. The Morgan fingerprint density at radius 1 is 1.48 bits per heavy atom. The fraction of sp³-hybridized carbons (Fsp3) is 0.412. The van der Waals surface area contributed by atoms with Crippen LogP contribution in [0, 0.1) is 0 Å². The highest BCUT2D eigenvalue weighted by Crippen LogP contribution is 2.31. The molecule has 23 heavy (non-hydrogen) atoms. The topological polar surface area (TPSA) is 54.5 Å². The minimum Gasteiger partial charge on any atom is -0.497 e. The standard InChI is InChI=1S/C17H21N3O2S/c1-22-14-6-4-5-13(11-14)19-16(21)12-20-9-3-2-7-15(20)17-18-8-10-23-17/h4-6,8,10-11,15H,2-3,7,9,12H2,1H3,(H,19,21). The zero-order chi connectivity index (χ0) is 16.1. The number of likely N-dealkylation sites (tertiary alicyclic amines) is 1. The maximum absolute atomic E-state index is 12.4. The quantitative estimate of drug-likeness (QED) is 0.913. The molecule has 6 heteroatoms. The van der Waals surface area contributed by atoms with Crippen LogP contribution < -0.4 is 10.1 Å². The molecular formula is C17H21N3O2S. The summed E-state index contributed by atoms with van der Waals surface area (Å²) in [5.41, 5.74) is 0.761. The van der Waals surface area contributed by atoms with Crippen molar-refractivity contribution in [2.24, 2.45) is 0 Å². The zero-order valence-corrected chi connectivity index (χ0v) is 14.0. The van der Waals surface area contributed by atoms with Crippen LogP contribution >= 0.6 is 11.3 Å². The van der Waals surface area contributed by atoms with Crippen LogP contribution in [0.15, 0.2) is 35.8 Å². The summed E-state index contributed by atoms with van der Waals surface area (Å²) in [7, 11) is 1.62. The summed E-state index contributed by atoms with van der Waals surface area (Å²) in [6, 6.07) is 7.69. The number of amides is 1. The Hall–Kier alpha value is -1.92. The van der Waals surface area contributed by atoms with Crippen LogP contribution in [-0.4, -0.2) is 36.0 Å². The van der Waals surface area contributed by atoms with E-state index in [1.54, 1.807) is 18.4 Å². The van der Waals surface area contributed by atoms with E-state index in [1.165, 1.54) is 6.42 Å². The molecule has 2 aromatic rings. The molecule has 1 aromatic carbocycles.